The molecule has 6 nitrogen and oxygen atoms in total. The number of Topliss-reactive ketones (excluding diaryl/α,β-unsaturated/α-hetero) is 1. The Morgan fingerprint density at radius 1 is 1.13 bits per heavy atom. The summed E-state index contributed by atoms with van der Waals surface area (Å²) in [5.41, 5.74) is 7.09. The molecule has 0 amide bonds. The molecular formula is C16H13N3O3S. The van der Waals surface area contributed by atoms with Gasteiger partial charge in [-0.2, -0.15) is 0 Å². The zero-order valence-corrected chi connectivity index (χ0v) is 12.8. The SMILES string of the molecule is NC1=N[C@H](c2ccccc2)[C@@H](C(=O)c2ccc([N+](=O)[O-])cc2)S1. The minimum absolute atomic E-state index is 0.0454. The van der Waals surface area contributed by atoms with Gasteiger partial charge in [0, 0.05) is 17.7 Å². The van der Waals surface area contributed by atoms with Gasteiger partial charge in [-0.1, -0.05) is 42.1 Å². The van der Waals surface area contributed by atoms with Crippen molar-refractivity contribution in [2.45, 2.75) is 11.3 Å². The highest BCUT2D eigenvalue weighted by Crippen LogP contribution is 2.38. The summed E-state index contributed by atoms with van der Waals surface area (Å²) in [7, 11) is 0. The molecule has 2 atom stereocenters. The number of thioether (sulfide) groups is 1. The first kappa shape index (κ1) is 15.2. The van der Waals surface area contributed by atoms with Crippen molar-refractivity contribution in [2.75, 3.05) is 0 Å². The molecule has 0 aromatic heterocycles. The normalized spacial score (nSPS) is 20.1. The van der Waals surface area contributed by atoms with E-state index in [0.29, 0.717) is 10.7 Å². The van der Waals surface area contributed by atoms with Crippen LogP contribution in [0.3, 0.4) is 0 Å². The second-order valence-corrected chi connectivity index (χ2v) is 6.19. The third-order valence-electron chi connectivity index (χ3n) is 3.56. The maximum Gasteiger partial charge on any atom is 0.269 e. The van der Waals surface area contributed by atoms with Crippen molar-refractivity contribution < 1.29 is 9.72 Å². The van der Waals surface area contributed by atoms with E-state index in [4.69, 9.17) is 5.73 Å². The highest BCUT2D eigenvalue weighted by atomic mass is 32.2. The summed E-state index contributed by atoms with van der Waals surface area (Å²) >= 11 is 1.23. The van der Waals surface area contributed by atoms with Crippen molar-refractivity contribution in [1.82, 2.24) is 0 Å². The number of carbonyl (C=O) groups is 1. The van der Waals surface area contributed by atoms with Crippen molar-refractivity contribution in [1.29, 1.82) is 0 Å². The number of carbonyl (C=O) groups excluding carboxylic acids is 1. The first-order chi connectivity index (χ1) is 11.1. The number of amidine groups is 1. The number of hydrogen-bond donors (Lipinski definition) is 1. The predicted molar refractivity (Wildman–Crippen MR) is 89.6 cm³/mol. The molecule has 1 heterocycles. The molecule has 0 bridgehead atoms. The third kappa shape index (κ3) is 3.09. The van der Waals surface area contributed by atoms with E-state index in [9.17, 15) is 14.9 Å². The number of nitrogens with zero attached hydrogens (tertiary/aromatic N) is 2. The molecule has 1 aliphatic rings. The number of hydrogen-bond acceptors (Lipinski definition) is 6. The fourth-order valence-corrected chi connectivity index (χ4v) is 3.46. The average Bonchev–Trinajstić information content (AvgIpc) is 2.97. The highest BCUT2D eigenvalue weighted by Gasteiger charge is 2.36. The Bertz CT molecular complexity index is 775. The van der Waals surface area contributed by atoms with Crippen LogP contribution in [0.5, 0.6) is 0 Å². The van der Waals surface area contributed by atoms with Gasteiger partial charge in [0.25, 0.3) is 5.69 Å². The molecule has 2 N–H and O–H groups in total. The maximum absolute atomic E-state index is 12.7. The van der Waals surface area contributed by atoms with Crippen LogP contribution in [0.2, 0.25) is 0 Å². The summed E-state index contributed by atoms with van der Waals surface area (Å²) in [6, 6.07) is 14.7. The number of nitro groups is 1. The van der Waals surface area contributed by atoms with Gasteiger partial charge in [-0.3, -0.25) is 19.9 Å². The minimum atomic E-state index is -0.494. The maximum atomic E-state index is 12.7. The molecule has 23 heavy (non-hydrogen) atoms. The van der Waals surface area contributed by atoms with Gasteiger partial charge in [-0.05, 0) is 17.7 Å². The molecule has 116 valence electrons. The van der Waals surface area contributed by atoms with E-state index in [2.05, 4.69) is 4.99 Å². The van der Waals surface area contributed by atoms with Gasteiger partial charge in [-0.15, -0.1) is 0 Å². The largest absolute Gasteiger partial charge is 0.378 e. The molecule has 7 heteroatoms. The fraction of sp³-hybridized carbons (Fsp3) is 0.125. The number of rotatable bonds is 4. The van der Waals surface area contributed by atoms with E-state index < -0.39 is 10.2 Å². The number of nitro benzene ring substituents is 1. The summed E-state index contributed by atoms with van der Waals surface area (Å²) in [5, 5.41) is 10.6. The van der Waals surface area contributed by atoms with Gasteiger partial charge < -0.3 is 5.73 Å². The van der Waals surface area contributed by atoms with Gasteiger partial charge in [0.1, 0.15) is 5.25 Å². The molecule has 0 fully saturated rings. The van der Waals surface area contributed by atoms with Crippen molar-refractivity contribution >= 4 is 28.4 Å². The van der Waals surface area contributed by atoms with Gasteiger partial charge in [-0.25, -0.2) is 0 Å². The Morgan fingerprint density at radius 2 is 1.78 bits per heavy atom. The molecule has 0 unspecified atom stereocenters. The Kier molecular flexibility index (Phi) is 4.12. The van der Waals surface area contributed by atoms with Crippen molar-refractivity contribution in [3.05, 3.63) is 75.8 Å². The quantitative estimate of drug-likeness (QED) is 0.529. The lowest BCUT2D eigenvalue weighted by Crippen LogP contribution is -2.22. The lowest BCUT2D eigenvalue weighted by molar-refractivity contribution is -0.384. The second kappa shape index (κ2) is 6.21. The minimum Gasteiger partial charge on any atom is -0.378 e. The molecule has 0 saturated carbocycles. The monoisotopic (exact) mass is 327 g/mol. The molecular weight excluding hydrogens is 314 g/mol. The van der Waals surface area contributed by atoms with E-state index in [1.54, 1.807) is 0 Å². The number of aliphatic imine (C=N–C) groups is 1. The number of nitrogens with two attached hydrogens (primary N) is 1. The topological polar surface area (TPSA) is 98.6 Å². The Balaban J connectivity index is 1.87. The Morgan fingerprint density at radius 3 is 2.39 bits per heavy atom. The van der Waals surface area contributed by atoms with Crippen LogP contribution < -0.4 is 5.73 Å². The summed E-state index contributed by atoms with van der Waals surface area (Å²) in [6.45, 7) is 0. The molecule has 2 aromatic rings. The standard InChI is InChI=1S/C16H13N3O3S/c17-16-18-13(10-4-2-1-3-5-10)15(23-16)14(20)11-6-8-12(9-7-11)19(21)22/h1-9,13,15H,(H2,17,18)/t13-,15+/m1/s1. The lowest BCUT2D eigenvalue weighted by Gasteiger charge is -2.16. The molecule has 0 aliphatic carbocycles. The van der Waals surface area contributed by atoms with Crippen LogP contribution in [-0.2, 0) is 0 Å². The first-order valence-electron chi connectivity index (χ1n) is 6.90. The molecule has 0 saturated heterocycles. The van der Waals surface area contributed by atoms with Crippen LogP contribution >= 0.6 is 11.8 Å². The predicted octanol–water partition coefficient (Wildman–Crippen LogP) is 2.95. The van der Waals surface area contributed by atoms with E-state index in [1.165, 1.54) is 36.0 Å². The molecule has 3 rings (SSSR count). The van der Waals surface area contributed by atoms with Crippen LogP contribution in [0.25, 0.3) is 0 Å². The van der Waals surface area contributed by atoms with E-state index in [-0.39, 0.29) is 17.5 Å². The zero-order valence-electron chi connectivity index (χ0n) is 12.0. The van der Waals surface area contributed by atoms with Crippen LogP contribution in [0.4, 0.5) is 5.69 Å². The third-order valence-corrected chi connectivity index (χ3v) is 4.64. The molecule has 0 radical (unpaired) electrons. The van der Waals surface area contributed by atoms with E-state index in [0.717, 1.165) is 5.56 Å². The van der Waals surface area contributed by atoms with Crippen LogP contribution in [0.15, 0.2) is 59.6 Å². The van der Waals surface area contributed by atoms with Crippen molar-refractivity contribution in [3.63, 3.8) is 0 Å². The van der Waals surface area contributed by atoms with Crippen molar-refractivity contribution in [2.24, 2.45) is 10.7 Å². The summed E-state index contributed by atoms with van der Waals surface area (Å²) < 4.78 is 0. The average molecular weight is 327 g/mol. The van der Waals surface area contributed by atoms with Crippen molar-refractivity contribution in [3.8, 4) is 0 Å². The first-order valence-corrected chi connectivity index (χ1v) is 7.78. The molecule has 2 aromatic carbocycles. The van der Waals surface area contributed by atoms with E-state index in [1.807, 2.05) is 30.3 Å². The summed E-state index contributed by atoms with van der Waals surface area (Å²) in [4.78, 5) is 27.3. The Labute approximate surface area is 136 Å². The van der Waals surface area contributed by atoms with Gasteiger partial charge in [0.05, 0.1) is 11.0 Å². The zero-order chi connectivity index (χ0) is 16.4. The molecule has 0 spiro atoms. The van der Waals surface area contributed by atoms with Crippen LogP contribution in [-0.4, -0.2) is 21.1 Å². The summed E-state index contributed by atoms with van der Waals surface area (Å²) in [5.74, 6) is -0.136. The highest BCUT2D eigenvalue weighted by molar-refractivity contribution is 8.15. The number of ketones is 1. The van der Waals surface area contributed by atoms with Gasteiger partial charge >= 0.3 is 0 Å². The van der Waals surface area contributed by atoms with E-state index >= 15 is 0 Å². The second-order valence-electron chi connectivity index (χ2n) is 5.03. The summed E-state index contributed by atoms with van der Waals surface area (Å²) in [6.07, 6.45) is 0. The van der Waals surface area contributed by atoms with Crippen LogP contribution in [0, 0.1) is 10.1 Å². The van der Waals surface area contributed by atoms with Crippen LogP contribution in [0.1, 0.15) is 22.0 Å². The lowest BCUT2D eigenvalue weighted by atomic mass is 9.98. The number of benzene rings is 2. The number of non-ortho nitro benzene ring substituents is 1. The van der Waals surface area contributed by atoms with Gasteiger partial charge in [0.15, 0.2) is 11.0 Å². The van der Waals surface area contributed by atoms with Gasteiger partial charge in [0.2, 0.25) is 0 Å². The Hall–Kier alpha value is -2.67. The fourth-order valence-electron chi connectivity index (χ4n) is 2.44. The smallest absolute Gasteiger partial charge is 0.269 e. The molecule has 1 aliphatic heterocycles.